The summed E-state index contributed by atoms with van der Waals surface area (Å²) in [5.41, 5.74) is -0.586. The van der Waals surface area contributed by atoms with Crippen LogP contribution in [0.5, 0.6) is 0 Å². The molecule has 82 valence electrons. The van der Waals surface area contributed by atoms with E-state index in [0.717, 1.165) is 6.07 Å². The fourth-order valence-electron chi connectivity index (χ4n) is 1.18. The van der Waals surface area contributed by atoms with Crippen LogP contribution in [-0.4, -0.2) is 11.1 Å². The predicted octanol–water partition coefficient (Wildman–Crippen LogP) is 2.96. The maximum absolute atomic E-state index is 13.1. The van der Waals surface area contributed by atoms with Crippen LogP contribution in [0.4, 0.5) is 8.78 Å². The van der Waals surface area contributed by atoms with Gasteiger partial charge in [0.1, 0.15) is 0 Å². The minimum absolute atomic E-state index is 0.418. The Morgan fingerprint density at radius 3 is 2.20 bits per heavy atom. The topological polar surface area (TPSA) is 37.3 Å². The molecule has 0 bridgehead atoms. The molecule has 0 saturated carbocycles. The van der Waals surface area contributed by atoms with E-state index in [-0.39, 0.29) is 0 Å². The van der Waals surface area contributed by atoms with Crippen molar-refractivity contribution in [3.05, 3.63) is 34.9 Å². The Morgan fingerprint density at radius 2 is 1.80 bits per heavy atom. The van der Waals surface area contributed by atoms with Crippen molar-refractivity contribution in [1.29, 1.82) is 0 Å². The van der Waals surface area contributed by atoms with Crippen LogP contribution >= 0.6 is 0 Å². The first-order valence-electron chi connectivity index (χ1n) is 4.46. The van der Waals surface area contributed by atoms with Crippen molar-refractivity contribution in [3.63, 3.8) is 0 Å². The first-order chi connectivity index (χ1) is 6.73. The molecule has 1 aromatic carbocycles. The normalized spacial score (nSPS) is 11.5. The zero-order valence-corrected chi connectivity index (χ0v) is 8.77. The van der Waals surface area contributed by atoms with Gasteiger partial charge in [-0.15, -0.1) is 0 Å². The molecule has 0 spiro atoms. The Hall–Kier alpha value is -1.45. The second kappa shape index (κ2) is 3.61. The number of halogens is 2. The van der Waals surface area contributed by atoms with E-state index >= 15 is 0 Å². The summed E-state index contributed by atoms with van der Waals surface area (Å²) in [6.07, 6.45) is 0. The van der Waals surface area contributed by atoms with Crippen LogP contribution in [0, 0.1) is 11.6 Å². The predicted molar refractivity (Wildman–Crippen MR) is 52.0 cm³/mol. The highest BCUT2D eigenvalue weighted by Gasteiger charge is 2.21. The van der Waals surface area contributed by atoms with Crippen LogP contribution in [0.2, 0.25) is 0 Å². The van der Waals surface area contributed by atoms with E-state index in [1.54, 1.807) is 20.8 Å². The Balaban J connectivity index is 3.43. The van der Waals surface area contributed by atoms with Gasteiger partial charge in [0.2, 0.25) is 0 Å². The van der Waals surface area contributed by atoms with Crippen LogP contribution in [0.3, 0.4) is 0 Å². The van der Waals surface area contributed by atoms with E-state index in [0.29, 0.717) is 5.56 Å². The minimum Gasteiger partial charge on any atom is -0.478 e. The summed E-state index contributed by atoms with van der Waals surface area (Å²) in [7, 11) is 0. The van der Waals surface area contributed by atoms with E-state index in [9.17, 15) is 13.6 Å². The number of benzene rings is 1. The lowest BCUT2D eigenvalue weighted by Gasteiger charge is -2.19. The number of hydrogen-bond acceptors (Lipinski definition) is 1. The number of carbonyl (C=O) groups is 1. The molecule has 4 heteroatoms. The minimum atomic E-state index is -1.46. The van der Waals surface area contributed by atoms with Gasteiger partial charge in [-0.25, -0.2) is 13.6 Å². The molecule has 1 aromatic rings. The summed E-state index contributed by atoms with van der Waals surface area (Å²) in [5.74, 6) is -3.90. The van der Waals surface area contributed by atoms with Gasteiger partial charge >= 0.3 is 5.97 Å². The summed E-state index contributed by atoms with van der Waals surface area (Å²) in [6.45, 7) is 5.39. The first kappa shape index (κ1) is 11.6. The summed E-state index contributed by atoms with van der Waals surface area (Å²) < 4.78 is 26.2. The van der Waals surface area contributed by atoms with Gasteiger partial charge in [-0.2, -0.15) is 0 Å². The van der Waals surface area contributed by atoms with Crippen molar-refractivity contribution in [3.8, 4) is 0 Å². The summed E-state index contributed by atoms with van der Waals surface area (Å²) in [4.78, 5) is 10.6. The molecule has 0 fully saturated rings. The summed E-state index contributed by atoms with van der Waals surface area (Å²) >= 11 is 0. The molecular formula is C11H12F2O2. The lowest BCUT2D eigenvalue weighted by molar-refractivity contribution is 0.0690. The first-order valence-corrected chi connectivity index (χ1v) is 4.46. The van der Waals surface area contributed by atoms with E-state index in [2.05, 4.69) is 0 Å². The molecule has 0 unspecified atom stereocenters. The third kappa shape index (κ3) is 2.32. The second-order valence-electron chi connectivity index (χ2n) is 4.37. The van der Waals surface area contributed by atoms with Gasteiger partial charge in [0, 0.05) is 0 Å². The fraction of sp³-hybridized carbons (Fsp3) is 0.364. The van der Waals surface area contributed by atoms with Crippen LogP contribution in [0.25, 0.3) is 0 Å². The van der Waals surface area contributed by atoms with Crippen molar-refractivity contribution in [2.75, 3.05) is 0 Å². The highest BCUT2D eigenvalue weighted by Crippen LogP contribution is 2.26. The molecule has 0 atom stereocenters. The Kier molecular flexibility index (Phi) is 2.79. The molecular weight excluding hydrogens is 202 g/mol. The quantitative estimate of drug-likeness (QED) is 0.780. The van der Waals surface area contributed by atoms with E-state index in [1.807, 2.05) is 0 Å². The van der Waals surface area contributed by atoms with Crippen molar-refractivity contribution >= 4 is 5.97 Å². The molecule has 0 aliphatic rings. The standard InChI is InChI=1S/C11H12F2O2/c1-11(2,3)6-4-7(10(14)15)9(13)8(12)5-6/h4-5H,1-3H3,(H,14,15). The Labute approximate surface area is 86.5 Å². The SMILES string of the molecule is CC(C)(C)c1cc(F)c(F)c(C(=O)O)c1. The molecule has 0 aliphatic heterocycles. The van der Waals surface area contributed by atoms with Gasteiger partial charge < -0.3 is 5.11 Å². The Morgan fingerprint density at radius 1 is 1.27 bits per heavy atom. The molecule has 1 rings (SSSR count). The maximum atomic E-state index is 13.1. The van der Waals surface area contributed by atoms with Gasteiger partial charge in [-0.1, -0.05) is 20.8 Å². The van der Waals surface area contributed by atoms with Crippen molar-refractivity contribution in [2.24, 2.45) is 0 Å². The number of carboxylic acid groups (broad SMARTS) is 1. The average Bonchev–Trinajstić information content (AvgIpc) is 2.06. The van der Waals surface area contributed by atoms with Crippen LogP contribution in [0.1, 0.15) is 36.7 Å². The second-order valence-corrected chi connectivity index (χ2v) is 4.37. The van der Waals surface area contributed by atoms with Crippen molar-refractivity contribution in [2.45, 2.75) is 26.2 Å². The summed E-state index contributed by atoms with van der Waals surface area (Å²) in [6, 6.07) is 2.20. The average molecular weight is 214 g/mol. The largest absolute Gasteiger partial charge is 0.478 e. The van der Waals surface area contributed by atoms with E-state index < -0.39 is 28.6 Å². The van der Waals surface area contributed by atoms with Crippen LogP contribution in [0.15, 0.2) is 12.1 Å². The lowest BCUT2D eigenvalue weighted by atomic mass is 9.86. The molecule has 0 amide bonds. The van der Waals surface area contributed by atoms with Gasteiger partial charge in [0.05, 0.1) is 5.56 Å². The molecule has 0 aromatic heterocycles. The third-order valence-corrected chi connectivity index (χ3v) is 2.12. The third-order valence-electron chi connectivity index (χ3n) is 2.12. The molecule has 1 N–H and O–H groups in total. The van der Waals surface area contributed by atoms with E-state index in [4.69, 9.17) is 5.11 Å². The van der Waals surface area contributed by atoms with E-state index in [1.165, 1.54) is 6.07 Å². The molecule has 0 aliphatic carbocycles. The monoisotopic (exact) mass is 214 g/mol. The maximum Gasteiger partial charge on any atom is 0.338 e. The fourth-order valence-corrected chi connectivity index (χ4v) is 1.18. The number of aromatic carboxylic acids is 1. The van der Waals surface area contributed by atoms with Crippen LogP contribution < -0.4 is 0 Å². The Bertz CT molecular complexity index is 406. The van der Waals surface area contributed by atoms with Crippen molar-refractivity contribution in [1.82, 2.24) is 0 Å². The highest BCUT2D eigenvalue weighted by molar-refractivity contribution is 5.88. The summed E-state index contributed by atoms with van der Waals surface area (Å²) in [5, 5.41) is 8.67. The molecule has 0 radical (unpaired) electrons. The lowest BCUT2D eigenvalue weighted by Crippen LogP contribution is -2.14. The number of hydrogen-bond donors (Lipinski definition) is 1. The van der Waals surface area contributed by atoms with Gasteiger partial charge in [0.15, 0.2) is 11.6 Å². The van der Waals surface area contributed by atoms with Gasteiger partial charge in [-0.3, -0.25) is 0 Å². The van der Waals surface area contributed by atoms with Gasteiger partial charge in [-0.05, 0) is 23.1 Å². The zero-order chi connectivity index (χ0) is 11.8. The number of rotatable bonds is 1. The molecule has 15 heavy (non-hydrogen) atoms. The highest BCUT2D eigenvalue weighted by atomic mass is 19.2. The van der Waals surface area contributed by atoms with Crippen molar-refractivity contribution < 1.29 is 18.7 Å². The molecule has 0 saturated heterocycles. The molecule has 0 heterocycles. The zero-order valence-electron chi connectivity index (χ0n) is 8.77. The van der Waals surface area contributed by atoms with Gasteiger partial charge in [0.25, 0.3) is 0 Å². The smallest absolute Gasteiger partial charge is 0.338 e. The number of carboxylic acids is 1. The molecule has 2 nitrogen and oxygen atoms in total. The van der Waals surface area contributed by atoms with Crippen LogP contribution in [-0.2, 0) is 5.41 Å².